The van der Waals surface area contributed by atoms with Gasteiger partial charge in [-0.05, 0) is 24.3 Å². The lowest BCUT2D eigenvalue weighted by Crippen LogP contribution is -2.31. The van der Waals surface area contributed by atoms with E-state index in [4.69, 9.17) is 21.6 Å². The number of halogens is 2. The average Bonchev–Trinajstić information content (AvgIpc) is 2.56. The summed E-state index contributed by atoms with van der Waals surface area (Å²) in [6, 6.07) is 13.0. The fourth-order valence-electron chi connectivity index (χ4n) is 1.94. The van der Waals surface area contributed by atoms with E-state index in [1.54, 1.807) is 30.3 Å². The maximum atomic E-state index is 13.7. The molecule has 0 unspecified atom stereocenters. The number of ether oxygens (including phenoxy) is 1. The lowest BCUT2D eigenvalue weighted by Gasteiger charge is -2.19. The first-order valence-corrected chi connectivity index (χ1v) is 7.19. The van der Waals surface area contributed by atoms with Crippen molar-refractivity contribution in [1.29, 1.82) is 5.26 Å². The second-order valence-corrected chi connectivity index (χ2v) is 5.25. The first-order valence-electron chi connectivity index (χ1n) is 6.81. The molecule has 6 heteroatoms. The number of amides is 1. The predicted octanol–water partition coefficient (Wildman–Crippen LogP) is 3.39. The van der Waals surface area contributed by atoms with Crippen LogP contribution < -0.4 is 4.74 Å². The van der Waals surface area contributed by atoms with E-state index in [-0.39, 0.29) is 29.6 Å². The number of carbonyl (C=O) groups is 1. The van der Waals surface area contributed by atoms with Gasteiger partial charge in [0.2, 0.25) is 0 Å². The Bertz CT molecular complexity index is 738. The van der Waals surface area contributed by atoms with Crippen molar-refractivity contribution in [3.05, 3.63) is 64.4 Å². The molecule has 118 valence electrons. The van der Waals surface area contributed by atoms with Gasteiger partial charge in [-0.15, -0.1) is 0 Å². The number of hydrogen-bond donors (Lipinski definition) is 0. The summed E-state index contributed by atoms with van der Waals surface area (Å²) < 4.78 is 19.1. The molecular formula is C17H14ClFN2O2. The number of likely N-dealkylation sites (N-methyl/N-ethyl adjacent to an activating group) is 1. The van der Waals surface area contributed by atoms with E-state index in [2.05, 4.69) is 0 Å². The summed E-state index contributed by atoms with van der Waals surface area (Å²) in [7, 11) is 1.53. The molecule has 0 saturated heterocycles. The maximum Gasteiger partial charge on any atom is 0.260 e. The van der Waals surface area contributed by atoms with E-state index in [1.165, 1.54) is 24.1 Å². The van der Waals surface area contributed by atoms with Gasteiger partial charge in [0.25, 0.3) is 5.91 Å². The first kappa shape index (κ1) is 16.8. The summed E-state index contributed by atoms with van der Waals surface area (Å²) in [6.45, 7) is -0.213. The van der Waals surface area contributed by atoms with Crippen LogP contribution in [0.3, 0.4) is 0 Å². The molecule has 4 nitrogen and oxygen atoms in total. The number of para-hydroxylation sites is 1. The van der Waals surface area contributed by atoms with Gasteiger partial charge in [-0.3, -0.25) is 4.79 Å². The SMILES string of the molecule is CN(Cc1c(F)cccc1Cl)C(=O)COc1ccccc1C#N. The molecule has 0 aliphatic heterocycles. The van der Waals surface area contributed by atoms with Crippen LogP contribution in [0.15, 0.2) is 42.5 Å². The highest BCUT2D eigenvalue weighted by atomic mass is 35.5. The number of nitriles is 1. The standard InChI is InChI=1S/C17H14ClFN2O2/c1-21(10-13-14(18)6-4-7-15(13)19)17(22)11-23-16-8-3-2-5-12(16)9-20/h2-8H,10-11H2,1H3. The van der Waals surface area contributed by atoms with Gasteiger partial charge in [-0.1, -0.05) is 29.8 Å². The second kappa shape index (κ2) is 7.61. The Morgan fingerprint density at radius 1 is 1.30 bits per heavy atom. The van der Waals surface area contributed by atoms with Gasteiger partial charge >= 0.3 is 0 Å². The molecule has 0 aromatic heterocycles. The van der Waals surface area contributed by atoms with Gasteiger partial charge in [0, 0.05) is 24.2 Å². The molecule has 0 heterocycles. The predicted molar refractivity (Wildman–Crippen MR) is 84.5 cm³/mol. The van der Waals surface area contributed by atoms with Crippen LogP contribution in [0.2, 0.25) is 5.02 Å². The minimum atomic E-state index is -0.465. The van der Waals surface area contributed by atoms with E-state index < -0.39 is 5.82 Å². The van der Waals surface area contributed by atoms with E-state index in [0.717, 1.165) is 0 Å². The quantitative estimate of drug-likeness (QED) is 0.843. The van der Waals surface area contributed by atoms with Crippen molar-refractivity contribution >= 4 is 17.5 Å². The van der Waals surface area contributed by atoms with E-state index in [0.29, 0.717) is 11.3 Å². The van der Waals surface area contributed by atoms with Crippen LogP contribution in [0.25, 0.3) is 0 Å². The molecule has 1 amide bonds. The zero-order valence-corrected chi connectivity index (χ0v) is 13.2. The van der Waals surface area contributed by atoms with E-state index in [9.17, 15) is 9.18 Å². The summed E-state index contributed by atoms with van der Waals surface area (Å²) in [5, 5.41) is 9.23. The molecule has 2 rings (SSSR count). The van der Waals surface area contributed by atoms with Crippen molar-refractivity contribution in [2.75, 3.05) is 13.7 Å². The minimum absolute atomic E-state index is 0.0353. The Morgan fingerprint density at radius 2 is 2.04 bits per heavy atom. The molecule has 0 bridgehead atoms. The van der Waals surface area contributed by atoms with Gasteiger partial charge in [0.1, 0.15) is 17.6 Å². The summed E-state index contributed by atoms with van der Waals surface area (Å²) in [6.07, 6.45) is 0. The van der Waals surface area contributed by atoms with Crippen molar-refractivity contribution in [2.45, 2.75) is 6.54 Å². The first-order chi connectivity index (χ1) is 11.0. The Morgan fingerprint density at radius 3 is 2.74 bits per heavy atom. The fourth-order valence-corrected chi connectivity index (χ4v) is 2.17. The largest absolute Gasteiger partial charge is 0.482 e. The molecule has 23 heavy (non-hydrogen) atoms. The zero-order valence-electron chi connectivity index (χ0n) is 12.4. The van der Waals surface area contributed by atoms with Crippen LogP contribution in [-0.2, 0) is 11.3 Å². The summed E-state index contributed by atoms with van der Waals surface area (Å²) in [5.41, 5.74) is 0.600. The van der Waals surface area contributed by atoms with Gasteiger partial charge < -0.3 is 9.64 Å². The highest BCUT2D eigenvalue weighted by molar-refractivity contribution is 6.31. The third-order valence-electron chi connectivity index (χ3n) is 3.24. The van der Waals surface area contributed by atoms with Crippen LogP contribution in [0.4, 0.5) is 4.39 Å². The van der Waals surface area contributed by atoms with Crippen molar-refractivity contribution in [3.8, 4) is 11.8 Å². The fraction of sp³-hybridized carbons (Fsp3) is 0.176. The van der Waals surface area contributed by atoms with E-state index in [1.807, 2.05) is 6.07 Å². The number of hydrogen-bond acceptors (Lipinski definition) is 3. The van der Waals surface area contributed by atoms with Gasteiger partial charge in [0.15, 0.2) is 6.61 Å². The molecule has 2 aromatic carbocycles. The smallest absolute Gasteiger partial charge is 0.260 e. The molecule has 0 fully saturated rings. The Labute approximate surface area is 138 Å². The third kappa shape index (κ3) is 4.21. The molecule has 0 spiro atoms. The molecule has 2 aromatic rings. The minimum Gasteiger partial charge on any atom is -0.482 e. The molecule has 0 N–H and O–H groups in total. The lowest BCUT2D eigenvalue weighted by atomic mass is 10.2. The molecule has 0 aliphatic carbocycles. The van der Waals surface area contributed by atoms with Crippen molar-refractivity contribution < 1.29 is 13.9 Å². The topological polar surface area (TPSA) is 53.3 Å². The van der Waals surface area contributed by atoms with Gasteiger partial charge in [0.05, 0.1) is 5.56 Å². The van der Waals surface area contributed by atoms with Crippen molar-refractivity contribution in [2.24, 2.45) is 0 Å². The lowest BCUT2D eigenvalue weighted by molar-refractivity contribution is -0.132. The number of nitrogens with zero attached hydrogens (tertiary/aromatic N) is 2. The molecule has 0 saturated carbocycles. The Hall–Kier alpha value is -2.58. The molecule has 0 atom stereocenters. The Kier molecular flexibility index (Phi) is 5.56. The number of benzene rings is 2. The van der Waals surface area contributed by atoms with Crippen LogP contribution in [0.5, 0.6) is 5.75 Å². The summed E-state index contributed by atoms with van der Waals surface area (Å²) in [5.74, 6) is -0.481. The van der Waals surface area contributed by atoms with Gasteiger partial charge in [-0.2, -0.15) is 5.26 Å². The van der Waals surface area contributed by atoms with Crippen LogP contribution in [-0.4, -0.2) is 24.5 Å². The second-order valence-electron chi connectivity index (χ2n) is 4.85. The Balaban J connectivity index is 2.00. The monoisotopic (exact) mass is 332 g/mol. The highest BCUT2D eigenvalue weighted by Gasteiger charge is 2.15. The van der Waals surface area contributed by atoms with Crippen LogP contribution in [0, 0.1) is 17.1 Å². The maximum absolute atomic E-state index is 13.7. The molecule has 0 aliphatic rings. The van der Waals surface area contributed by atoms with Crippen molar-refractivity contribution in [1.82, 2.24) is 4.90 Å². The van der Waals surface area contributed by atoms with E-state index >= 15 is 0 Å². The van der Waals surface area contributed by atoms with Crippen LogP contribution in [0.1, 0.15) is 11.1 Å². The summed E-state index contributed by atoms with van der Waals surface area (Å²) in [4.78, 5) is 13.4. The highest BCUT2D eigenvalue weighted by Crippen LogP contribution is 2.21. The number of rotatable bonds is 5. The average molecular weight is 333 g/mol. The van der Waals surface area contributed by atoms with Crippen molar-refractivity contribution in [3.63, 3.8) is 0 Å². The zero-order chi connectivity index (χ0) is 16.8. The van der Waals surface area contributed by atoms with Gasteiger partial charge in [-0.25, -0.2) is 4.39 Å². The van der Waals surface area contributed by atoms with Crippen LogP contribution >= 0.6 is 11.6 Å². The molecular weight excluding hydrogens is 319 g/mol. The molecule has 0 radical (unpaired) electrons. The normalized spacial score (nSPS) is 10.0. The summed E-state index contributed by atoms with van der Waals surface area (Å²) >= 11 is 5.95. The number of carbonyl (C=O) groups excluding carboxylic acids is 1. The third-order valence-corrected chi connectivity index (χ3v) is 3.60.